The van der Waals surface area contributed by atoms with E-state index in [0.717, 1.165) is 5.25 Å². The van der Waals surface area contributed by atoms with Gasteiger partial charge in [-0.05, 0) is 19.1 Å². The summed E-state index contributed by atoms with van der Waals surface area (Å²) in [6.45, 7) is 0. The van der Waals surface area contributed by atoms with E-state index in [4.69, 9.17) is 5.73 Å². The summed E-state index contributed by atoms with van der Waals surface area (Å²) in [4.78, 5) is 0. The number of thioether (sulfide) groups is 1. The van der Waals surface area contributed by atoms with Gasteiger partial charge in [0.2, 0.25) is 0 Å². The SMILES string of the molecule is CSC1CCCCC1N.Cl. The normalized spacial score (nSPS) is 33.0. The molecule has 0 aromatic rings. The Morgan fingerprint density at radius 3 is 2.30 bits per heavy atom. The molecule has 0 heterocycles. The zero-order valence-corrected chi connectivity index (χ0v) is 8.01. The highest BCUT2D eigenvalue weighted by Crippen LogP contribution is 2.25. The first-order valence-electron chi connectivity index (χ1n) is 3.63. The summed E-state index contributed by atoms with van der Waals surface area (Å²) in [6, 6.07) is 0.480. The lowest BCUT2D eigenvalue weighted by Gasteiger charge is -2.26. The Balaban J connectivity index is 0.000000810. The van der Waals surface area contributed by atoms with Crippen molar-refractivity contribution in [3.63, 3.8) is 0 Å². The molecule has 0 aliphatic heterocycles. The fraction of sp³-hybridized carbons (Fsp3) is 1.00. The lowest BCUT2D eigenvalue weighted by atomic mass is 9.96. The third-order valence-corrected chi connectivity index (χ3v) is 3.25. The minimum atomic E-state index is 0. The third-order valence-electron chi connectivity index (χ3n) is 2.06. The monoisotopic (exact) mass is 181 g/mol. The van der Waals surface area contributed by atoms with Crippen molar-refractivity contribution in [1.82, 2.24) is 0 Å². The second-order valence-electron chi connectivity index (χ2n) is 2.72. The van der Waals surface area contributed by atoms with Gasteiger partial charge in [0.15, 0.2) is 0 Å². The van der Waals surface area contributed by atoms with Crippen molar-refractivity contribution in [2.45, 2.75) is 37.0 Å². The number of hydrogen-bond donors (Lipinski definition) is 1. The minimum Gasteiger partial charge on any atom is -0.327 e. The minimum absolute atomic E-state index is 0. The van der Waals surface area contributed by atoms with Gasteiger partial charge in [0.25, 0.3) is 0 Å². The van der Waals surface area contributed by atoms with Gasteiger partial charge in [0.1, 0.15) is 0 Å². The molecule has 3 heteroatoms. The molecule has 0 amide bonds. The predicted molar refractivity (Wildman–Crippen MR) is 51.0 cm³/mol. The molecule has 1 saturated carbocycles. The summed E-state index contributed by atoms with van der Waals surface area (Å²) in [5.41, 5.74) is 5.87. The molecule has 1 rings (SSSR count). The number of hydrogen-bond acceptors (Lipinski definition) is 2. The van der Waals surface area contributed by atoms with E-state index in [0.29, 0.717) is 6.04 Å². The van der Waals surface area contributed by atoms with Crippen molar-refractivity contribution in [3.05, 3.63) is 0 Å². The van der Waals surface area contributed by atoms with Crippen LogP contribution < -0.4 is 5.73 Å². The molecule has 62 valence electrons. The van der Waals surface area contributed by atoms with Crippen LogP contribution in [0.2, 0.25) is 0 Å². The van der Waals surface area contributed by atoms with E-state index in [-0.39, 0.29) is 12.4 Å². The van der Waals surface area contributed by atoms with E-state index in [9.17, 15) is 0 Å². The van der Waals surface area contributed by atoms with Crippen LogP contribution in [0.25, 0.3) is 0 Å². The molecule has 2 atom stereocenters. The Morgan fingerprint density at radius 2 is 1.90 bits per heavy atom. The van der Waals surface area contributed by atoms with Crippen LogP contribution in [0.5, 0.6) is 0 Å². The second kappa shape index (κ2) is 5.28. The Morgan fingerprint density at radius 1 is 1.30 bits per heavy atom. The van der Waals surface area contributed by atoms with Gasteiger partial charge in [-0.2, -0.15) is 11.8 Å². The zero-order valence-electron chi connectivity index (χ0n) is 6.38. The van der Waals surface area contributed by atoms with Crippen LogP contribution in [0.3, 0.4) is 0 Å². The maximum absolute atomic E-state index is 5.87. The fourth-order valence-electron chi connectivity index (χ4n) is 1.42. The molecule has 0 radical (unpaired) electrons. The first-order chi connectivity index (χ1) is 4.34. The first kappa shape index (κ1) is 10.6. The highest BCUT2D eigenvalue weighted by atomic mass is 35.5. The number of nitrogens with two attached hydrogens (primary N) is 1. The Bertz CT molecular complexity index is 89.7. The molecule has 1 nitrogen and oxygen atoms in total. The molecule has 1 fully saturated rings. The van der Waals surface area contributed by atoms with Crippen molar-refractivity contribution in [3.8, 4) is 0 Å². The molecule has 2 N–H and O–H groups in total. The smallest absolute Gasteiger partial charge is 0.0196 e. The summed E-state index contributed by atoms with van der Waals surface area (Å²) >= 11 is 1.93. The lowest BCUT2D eigenvalue weighted by molar-refractivity contribution is 0.454. The molecule has 1 aliphatic carbocycles. The standard InChI is InChI=1S/C7H15NS.ClH/c1-9-7-5-3-2-4-6(7)8;/h6-7H,2-5,8H2,1H3;1H. The highest BCUT2D eigenvalue weighted by Gasteiger charge is 2.19. The van der Waals surface area contributed by atoms with E-state index < -0.39 is 0 Å². The van der Waals surface area contributed by atoms with E-state index in [2.05, 4.69) is 6.26 Å². The van der Waals surface area contributed by atoms with Crippen molar-refractivity contribution < 1.29 is 0 Å². The van der Waals surface area contributed by atoms with Gasteiger partial charge in [0.05, 0.1) is 0 Å². The maximum atomic E-state index is 5.87. The Kier molecular flexibility index (Phi) is 5.59. The van der Waals surface area contributed by atoms with E-state index in [1.807, 2.05) is 11.8 Å². The molecule has 0 bridgehead atoms. The topological polar surface area (TPSA) is 26.0 Å². The molecule has 0 spiro atoms. The summed E-state index contributed by atoms with van der Waals surface area (Å²) in [6.07, 6.45) is 7.47. The van der Waals surface area contributed by atoms with Gasteiger partial charge in [-0.25, -0.2) is 0 Å². The van der Waals surface area contributed by atoms with Crippen LogP contribution in [0.15, 0.2) is 0 Å². The fourth-order valence-corrected chi connectivity index (χ4v) is 2.31. The molecule has 2 unspecified atom stereocenters. The number of rotatable bonds is 1. The van der Waals surface area contributed by atoms with Crippen molar-refractivity contribution in [2.75, 3.05) is 6.26 Å². The molecular weight excluding hydrogens is 166 g/mol. The highest BCUT2D eigenvalue weighted by molar-refractivity contribution is 7.99. The van der Waals surface area contributed by atoms with Gasteiger partial charge in [-0.3, -0.25) is 0 Å². The molecule has 0 saturated heterocycles. The lowest BCUT2D eigenvalue weighted by Crippen LogP contribution is -2.34. The van der Waals surface area contributed by atoms with Crippen molar-refractivity contribution >= 4 is 24.2 Å². The summed E-state index contributed by atoms with van der Waals surface area (Å²) in [7, 11) is 0. The molecule has 0 aromatic heterocycles. The van der Waals surface area contributed by atoms with Gasteiger partial charge in [-0.1, -0.05) is 12.8 Å². The predicted octanol–water partition coefficient (Wildman–Crippen LogP) is 2.04. The van der Waals surface area contributed by atoms with Crippen molar-refractivity contribution in [2.24, 2.45) is 5.73 Å². The van der Waals surface area contributed by atoms with Crippen LogP contribution in [-0.2, 0) is 0 Å². The molecule has 10 heavy (non-hydrogen) atoms. The summed E-state index contributed by atoms with van der Waals surface area (Å²) < 4.78 is 0. The Labute approximate surface area is 73.5 Å². The summed E-state index contributed by atoms with van der Waals surface area (Å²) in [5, 5.41) is 0.749. The number of halogens is 1. The Hall–Kier alpha value is 0.600. The molecule has 0 aromatic carbocycles. The molecule has 1 aliphatic rings. The average Bonchev–Trinajstić information content (AvgIpc) is 1.89. The third kappa shape index (κ3) is 2.69. The average molecular weight is 182 g/mol. The largest absolute Gasteiger partial charge is 0.327 e. The van der Waals surface area contributed by atoms with Gasteiger partial charge < -0.3 is 5.73 Å². The van der Waals surface area contributed by atoms with Gasteiger partial charge >= 0.3 is 0 Å². The summed E-state index contributed by atoms with van der Waals surface area (Å²) in [5.74, 6) is 0. The van der Waals surface area contributed by atoms with Crippen LogP contribution in [0, 0.1) is 0 Å². The quantitative estimate of drug-likeness (QED) is 0.670. The van der Waals surface area contributed by atoms with Gasteiger partial charge in [0, 0.05) is 11.3 Å². The van der Waals surface area contributed by atoms with Crippen LogP contribution in [0.1, 0.15) is 25.7 Å². The van der Waals surface area contributed by atoms with Crippen LogP contribution >= 0.6 is 24.2 Å². The van der Waals surface area contributed by atoms with Crippen molar-refractivity contribution in [1.29, 1.82) is 0 Å². The van der Waals surface area contributed by atoms with E-state index in [1.54, 1.807) is 0 Å². The van der Waals surface area contributed by atoms with Crippen LogP contribution in [-0.4, -0.2) is 17.5 Å². The van der Waals surface area contributed by atoms with E-state index in [1.165, 1.54) is 25.7 Å². The molecular formula is C7H16ClNS. The first-order valence-corrected chi connectivity index (χ1v) is 4.92. The van der Waals surface area contributed by atoms with E-state index >= 15 is 0 Å². The second-order valence-corrected chi connectivity index (χ2v) is 3.80. The zero-order chi connectivity index (χ0) is 6.69. The van der Waals surface area contributed by atoms with Gasteiger partial charge in [-0.15, -0.1) is 12.4 Å². The van der Waals surface area contributed by atoms with Crippen LogP contribution in [0.4, 0.5) is 0 Å². The maximum Gasteiger partial charge on any atom is 0.0196 e.